The molecule has 0 saturated carbocycles. The van der Waals surface area contributed by atoms with E-state index in [2.05, 4.69) is 6.07 Å². The second kappa shape index (κ2) is 9.96. The smallest absolute Gasteiger partial charge is 0.315 e. The first-order valence-corrected chi connectivity index (χ1v) is 10.0. The van der Waals surface area contributed by atoms with Crippen LogP contribution in [-0.4, -0.2) is 5.97 Å². The number of halogens is 1. The molecule has 5 heteroatoms. The van der Waals surface area contributed by atoms with Crippen LogP contribution in [0.3, 0.4) is 0 Å². The number of carbonyl (C=O) groups is 1. The molecule has 2 unspecified atom stereocenters. The van der Waals surface area contributed by atoms with Crippen molar-refractivity contribution in [3.8, 4) is 17.6 Å². The van der Waals surface area contributed by atoms with E-state index in [4.69, 9.17) is 21.1 Å². The number of para-hydroxylation sites is 1. The summed E-state index contributed by atoms with van der Waals surface area (Å²) in [6, 6.07) is 25.6. The van der Waals surface area contributed by atoms with Gasteiger partial charge in [-0.15, -0.1) is 0 Å². The average molecular weight is 420 g/mol. The summed E-state index contributed by atoms with van der Waals surface area (Å²) in [5, 5.41) is 10.2. The fourth-order valence-electron chi connectivity index (χ4n) is 3.21. The molecule has 0 aliphatic heterocycles. The molecule has 3 aromatic carbocycles. The lowest BCUT2D eigenvalue weighted by molar-refractivity contribution is -0.150. The van der Waals surface area contributed by atoms with Gasteiger partial charge in [-0.1, -0.05) is 74.0 Å². The van der Waals surface area contributed by atoms with Crippen LogP contribution >= 0.6 is 11.6 Å². The molecule has 0 fully saturated rings. The predicted octanol–water partition coefficient (Wildman–Crippen LogP) is 6.68. The first kappa shape index (κ1) is 21.4. The highest BCUT2D eigenvalue weighted by Crippen LogP contribution is 2.33. The molecule has 0 bridgehead atoms. The van der Waals surface area contributed by atoms with Crippen LogP contribution in [0.25, 0.3) is 0 Å². The molecule has 0 saturated heterocycles. The number of rotatable bonds is 7. The van der Waals surface area contributed by atoms with Crippen molar-refractivity contribution in [2.24, 2.45) is 5.92 Å². The van der Waals surface area contributed by atoms with Crippen LogP contribution in [0.1, 0.15) is 37.0 Å². The summed E-state index contributed by atoms with van der Waals surface area (Å²) in [6.45, 7) is 3.84. The van der Waals surface area contributed by atoms with Crippen LogP contribution in [0.5, 0.6) is 11.5 Å². The molecular weight excluding hydrogens is 398 g/mol. The predicted molar refractivity (Wildman–Crippen MR) is 116 cm³/mol. The Kier molecular flexibility index (Phi) is 7.11. The highest BCUT2D eigenvalue weighted by atomic mass is 35.5. The van der Waals surface area contributed by atoms with E-state index in [9.17, 15) is 10.1 Å². The van der Waals surface area contributed by atoms with E-state index in [1.54, 1.807) is 30.3 Å². The summed E-state index contributed by atoms with van der Waals surface area (Å²) in [6.07, 6.45) is -1.06. The summed E-state index contributed by atoms with van der Waals surface area (Å²) in [4.78, 5) is 13.0. The Balaban J connectivity index is 1.81. The normalized spacial score (nSPS) is 12.6. The maximum absolute atomic E-state index is 13.0. The molecule has 0 N–H and O–H groups in total. The molecule has 0 aliphatic rings. The molecule has 0 aliphatic carbocycles. The number of hydrogen-bond acceptors (Lipinski definition) is 4. The minimum Gasteiger partial charge on any atom is -0.457 e. The van der Waals surface area contributed by atoms with Crippen molar-refractivity contribution in [1.29, 1.82) is 5.26 Å². The second-order valence-corrected chi connectivity index (χ2v) is 7.58. The Morgan fingerprint density at radius 2 is 1.60 bits per heavy atom. The van der Waals surface area contributed by atoms with Crippen molar-refractivity contribution in [1.82, 2.24) is 0 Å². The SMILES string of the molecule is CC(C)C(C(=O)OC(C#N)c1cccc(Oc2ccccc2)c1)c1ccccc1Cl. The van der Waals surface area contributed by atoms with Crippen LogP contribution in [-0.2, 0) is 9.53 Å². The fourth-order valence-corrected chi connectivity index (χ4v) is 3.46. The van der Waals surface area contributed by atoms with Crippen molar-refractivity contribution in [2.75, 3.05) is 0 Å². The largest absolute Gasteiger partial charge is 0.457 e. The molecule has 0 heterocycles. The van der Waals surface area contributed by atoms with Gasteiger partial charge in [-0.2, -0.15) is 5.26 Å². The zero-order chi connectivity index (χ0) is 21.5. The van der Waals surface area contributed by atoms with Gasteiger partial charge in [-0.25, -0.2) is 0 Å². The minimum atomic E-state index is -1.06. The lowest BCUT2D eigenvalue weighted by Gasteiger charge is -2.22. The molecule has 2 atom stereocenters. The molecule has 4 nitrogen and oxygen atoms in total. The molecule has 30 heavy (non-hydrogen) atoms. The first-order valence-electron chi connectivity index (χ1n) is 9.67. The first-order chi connectivity index (χ1) is 14.5. The van der Waals surface area contributed by atoms with Crippen LogP contribution < -0.4 is 4.74 Å². The molecule has 0 amide bonds. The summed E-state index contributed by atoms with van der Waals surface area (Å²) < 4.78 is 11.4. The molecule has 152 valence electrons. The third-order valence-electron chi connectivity index (χ3n) is 4.65. The van der Waals surface area contributed by atoms with E-state index in [0.29, 0.717) is 27.6 Å². The summed E-state index contributed by atoms with van der Waals surface area (Å²) in [5.74, 6) is 0.127. The molecule has 0 aromatic heterocycles. The third-order valence-corrected chi connectivity index (χ3v) is 5.00. The lowest BCUT2D eigenvalue weighted by atomic mass is 9.88. The number of esters is 1. The van der Waals surface area contributed by atoms with Gasteiger partial charge in [0.05, 0.1) is 5.92 Å². The standard InChI is InChI=1S/C25H22ClNO3/c1-17(2)24(21-13-6-7-14-22(21)26)25(28)30-23(16-27)18-9-8-12-20(15-18)29-19-10-4-3-5-11-19/h3-15,17,23-24H,1-2H3. The van der Waals surface area contributed by atoms with E-state index in [1.165, 1.54) is 0 Å². The topological polar surface area (TPSA) is 59.3 Å². The quantitative estimate of drug-likeness (QED) is 0.401. The Morgan fingerprint density at radius 1 is 0.933 bits per heavy atom. The Bertz CT molecular complexity index is 1040. The van der Waals surface area contributed by atoms with Crippen LogP contribution in [0, 0.1) is 17.2 Å². The average Bonchev–Trinajstić information content (AvgIpc) is 2.74. The number of nitriles is 1. The Morgan fingerprint density at radius 3 is 2.27 bits per heavy atom. The summed E-state index contributed by atoms with van der Waals surface area (Å²) in [7, 11) is 0. The van der Waals surface area contributed by atoms with Crippen molar-refractivity contribution < 1.29 is 14.3 Å². The van der Waals surface area contributed by atoms with E-state index < -0.39 is 18.0 Å². The number of hydrogen-bond donors (Lipinski definition) is 0. The molecular formula is C25H22ClNO3. The Labute approximate surface area is 181 Å². The molecule has 3 rings (SSSR count). The monoisotopic (exact) mass is 419 g/mol. The van der Waals surface area contributed by atoms with Gasteiger partial charge < -0.3 is 9.47 Å². The van der Waals surface area contributed by atoms with Gasteiger partial charge in [0.15, 0.2) is 0 Å². The molecule has 3 aromatic rings. The zero-order valence-corrected chi connectivity index (χ0v) is 17.5. The number of ether oxygens (including phenoxy) is 2. The van der Waals surface area contributed by atoms with E-state index >= 15 is 0 Å². The maximum atomic E-state index is 13.0. The van der Waals surface area contributed by atoms with Crippen LogP contribution in [0.4, 0.5) is 0 Å². The fraction of sp³-hybridized carbons (Fsp3) is 0.200. The minimum absolute atomic E-state index is 0.0514. The van der Waals surface area contributed by atoms with Gasteiger partial charge in [-0.3, -0.25) is 4.79 Å². The van der Waals surface area contributed by atoms with Crippen LogP contribution in [0.2, 0.25) is 5.02 Å². The van der Waals surface area contributed by atoms with E-state index in [-0.39, 0.29) is 5.92 Å². The highest BCUT2D eigenvalue weighted by molar-refractivity contribution is 6.31. The van der Waals surface area contributed by atoms with Gasteiger partial charge in [0.25, 0.3) is 0 Å². The van der Waals surface area contributed by atoms with E-state index in [0.717, 1.165) is 0 Å². The zero-order valence-electron chi connectivity index (χ0n) is 16.8. The maximum Gasteiger partial charge on any atom is 0.315 e. The van der Waals surface area contributed by atoms with Gasteiger partial charge in [0, 0.05) is 10.6 Å². The number of nitrogens with zero attached hydrogens (tertiary/aromatic N) is 1. The van der Waals surface area contributed by atoms with Gasteiger partial charge in [0.1, 0.15) is 17.6 Å². The van der Waals surface area contributed by atoms with E-state index in [1.807, 2.05) is 62.4 Å². The summed E-state index contributed by atoms with van der Waals surface area (Å²) >= 11 is 6.30. The number of benzene rings is 3. The van der Waals surface area contributed by atoms with Gasteiger partial charge in [0.2, 0.25) is 6.10 Å². The Hall–Kier alpha value is -3.29. The van der Waals surface area contributed by atoms with Gasteiger partial charge in [-0.05, 0) is 41.8 Å². The lowest BCUT2D eigenvalue weighted by Crippen LogP contribution is -2.23. The molecule has 0 spiro atoms. The molecule has 0 radical (unpaired) electrons. The van der Waals surface area contributed by atoms with Crippen LogP contribution in [0.15, 0.2) is 78.9 Å². The van der Waals surface area contributed by atoms with Crippen molar-refractivity contribution in [3.05, 3.63) is 95.0 Å². The highest BCUT2D eigenvalue weighted by Gasteiger charge is 2.30. The summed E-state index contributed by atoms with van der Waals surface area (Å²) in [5.41, 5.74) is 1.23. The number of carbonyl (C=O) groups excluding carboxylic acids is 1. The van der Waals surface area contributed by atoms with Gasteiger partial charge >= 0.3 is 5.97 Å². The second-order valence-electron chi connectivity index (χ2n) is 7.18. The van der Waals surface area contributed by atoms with Crippen molar-refractivity contribution in [3.63, 3.8) is 0 Å². The third kappa shape index (κ3) is 5.20. The van der Waals surface area contributed by atoms with Crippen molar-refractivity contribution in [2.45, 2.75) is 25.9 Å². The van der Waals surface area contributed by atoms with Crippen molar-refractivity contribution >= 4 is 17.6 Å².